The van der Waals surface area contributed by atoms with Gasteiger partial charge < -0.3 is 0 Å². The van der Waals surface area contributed by atoms with Crippen molar-refractivity contribution in [2.45, 2.75) is 13.0 Å². The number of hydrogen-bond acceptors (Lipinski definition) is 1. The topological polar surface area (TPSA) is 29.1 Å². The fourth-order valence-corrected chi connectivity index (χ4v) is 6.18. The van der Waals surface area contributed by atoms with Gasteiger partial charge in [0.2, 0.25) is 7.29 Å². The first-order chi connectivity index (χ1) is 13.1. The molecule has 2 unspecified atom stereocenters. The first-order valence-electron chi connectivity index (χ1n) is 8.92. The number of hydrogen-bond donors (Lipinski definition) is 1. The van der Waals surface area contributed by atoms with Crippen molar-refractivity contribution < 1.29 is 4.57 Å². The third-order valence-corrected chi connectivity index (χ3v) is 8.11. The second kappa shape index (κ2) is 8.84. The quantitative estimate of drug-likeness (QED) is 0.370. The van der Waals surface area contributed by atoms with Crippen LogP contribution in [0.4, 0.5) is 0 Å². The standard InChI is InChI=1S/C23H23BrNOP/c1-3-18(2)23(21-16-10-11-17-22(21)24)25-27(26,19-12-6-4-7-13-19)20-14-8-5-9-15-20/h3-18,23H,1H2,2H3,(H,25,26). The average molecular weight is 440 g/mol. The van der Waals surface area contributed by atoms with Crippen molar-refractivity contribution >= 4 is 33.8 Å². The Morgan fingerprint density at radius 2 is 1.37 bits per heavy atom. The van der Waals surface area contributed by atoms with Crippen LogP contribution in [0.25, 0.3) is 0 Å². The molecule has 0 bridgehead atoms. The lowest BCUT2D eigenvalue weighted by molar-refractivity contribution is 0.503. The highest BCUT2D eigenvalue weighted by molar-refractivity contribution is 9.10. The Hall–Kier alpha value is -1.93. The van der Waals surface area contributed by atoms with Gasteiger partial charge in [0.25, 0.3) is 0 Å². The SMILES string of the molecule is C=CC(C)C(NP(=O)(c1ccccc1)c1ccccc1)c1ccccc1Br. The lowest BCUT2D eigenvalue weighted by Gasteiger charge is -2.30. The second-order valence-electron chi connectivity index (χ2n) is 6.50. The van der Waals surface area contributed by atoms with Crippen LogP contribution in [0.5, 0.6) is 0 Å². The molecule has 0 radical (unpaired) electrons. The molecule has 3 aromatic rings. The molecule has 2 nitrogen and oxygen atoms in total. The Labute approximate surface area is 169 Å². The molecule has 0 saturated heterocycles. The van der Waals surface area contributed by atoms with Crippen LogP contribution >= 0.6 is 23.2 Å². The van der Waals surface area contributed by atoms with E-state index in [9.17, 15) is 4.57 Å². The van der Waals surface area contributed by atoms with Gasteiger partial charge >= 0.3 is 0 Å². The van der Waals surface area contributed by atoms with Gasteiger partial charge in [-0.2, -0.15) is 0 Å². The van der Waals surface area contributed by atoms with Crippen LogP contribution in [0.2, 0.25) is 0 Å². The van der Waals surface area contributed by atoms with Gasteiger partial charge in [0.1, 0.15) is 0 Å². The Morgan fingerprint density at radius 1 is 0.889 bits per heavy atom. The van der Waals surface area contributed by atoms with Crippen LogP contribution in [0, 0.1) is 5.92 Å². The van der Waals surface area contributed by atoms with Gasteiger partial charge in [-0.1, -0.05) is 83.5 Å². The number of halogens is 1. The molecule has 0 aliphatic rings. The zero-order chi connectivity index (χ0) is 19.3. The molecule has 0 aliphatic carbocycles. The largest absolute Gasteiger partial charge is 0.297 e. The van der Waals surface area contributed by atoms with E-state index in [4.69, 9.17) is 0 Å². The van der Waals surface area contributed by atoms with Crippen molar-refractivity contribution in [2.75, 3.05) is 0 Å². The predicted octanol–water partition coefficient (Wildman–Crippen LogP) is 5.83. The fourth-order valence-electron chi connectivity index (χ4n) is 3.10. The lowest BCUT2D eigenvalue weighted by Crippen LogP contribution is -2.33. The maximum absolute atomic E-state index is 14.4. The van der Waals surface area contributed by atoms with Crippen molar-refractivity contribution in [1.29, 1.82) is 0 Å². The van der Waals surface area contributed by atoms with E-state index in [1.54, 1.807) is 0 Å². The van der Waals surface area contributed by atoms with Gasteiger partial charge in [-0.05, 0) is 41.8 Å². The van der Waals surface area contributed by atoms with E-state index in [2.05, 4.69) is 40.6 Å². The van der Waals surface area contributed by atoms with Gasteiger partial charge in [-0.25, -0.2) is 0 Å². The van der Waals surface area contributed by atoms with Crippen molar-refractivity contribution in [1.82, 2.24) is 5.09 Å². The van der Waals surface area contributed by atoms with Gasteiger partial charge in [-0.15, -0.1) is 6.58 Å². The number of nitrogens with one attached hydrogen (secondary N) is 1. The Kier molecular flexibility index (Phi) is 6.49. The zero-order valence-corrected chi connectivity index (χ0v) is 17.7. The number of benzene rings is 3. The molecular weight excluding hydrogens is 417 g/mol. The summed E-state index contributed by atoms with van der Waals surface area (Å²) in [7, 11) is -3.05. The lowest BCUT2D eigenvalue weighted by atomic mass is 9.96. The normalized spacial score (nSPS) is 13.7. The third kappa shape index (κ3) is 4.32. The molecule has 2 atom stereocenters. The molecule has 4 heteroatoms. The Balaban J connectivity index is 2.13. The van der Waals surface area contributed by atoms with Crippen molar-refractivity contribution in [3.8, 4) is 0 Å². The van der Waals surface area contributed by atoms with Crippen molar-refractivity contribution in [2.24, 2.45) is 5.92 Å². The highest BCUT2D eigenvalue weighted by atomic mass is 79.9. The summed E-state index contributed by atoms with van der Waals surface area (Å²) >= 11 is 3.65. The summed E-state index contributed by atoms with van der Waals surface area (Å²) in [5.41, 5.74) is 1.07. The minimum atomic E-state index is -3.05. The minimum Gasteiger partial charge on any atom is -0.297 e. The molecule has 0 heterocycles. The molecule has 1 N–H and O–H groups in total. The zero-order valence-electron chi connectivity index (χ0n) is 15.3. The Bertz CT molecular complexity index is 899. The van der Waals surface area contributed by atoms with E-state index in [1.165, 1.54) is 0 Å². The highest BCUT2D eigenvalue weighted by Crippen LogP contribution is 2.44. The predicted molar refractivity (Wildman–Crippen MR) is 119 cm³/mol. The van der Waals surface area contributed by atoms with Crippen LogP contribution in [0.1, 0.15) is 18.5 Å². The minimum absolute atomic E-state index is 0.0875. The monoisotopic (exact) mass is 439 g/mol. The van der Waals surface area contributed by atoms with E-state index in [1.807, 2.05) is 84.9 Å². The van der Waals surface area contributed by atoms with Crippen LogP contribution in [-0.2, 0) is 4.57 Å². The van der Waals surface area contributed by atoms with Crippen LogP contribution in [-0.4, -0.2) is 0 Å². The van der Waals surface area contributed by atoms with Gasteiger partial charge in [0.15, 0.2) is 0 Å². The summed E-state index contributed by atoms with van der Waals surface area (Å²) in [6, 6.07) is 27.2. The van der Waals surface area contributed by atoms with Crippen molar-refractivity contribution in [3.63, 3.8) is 0 Å². The maximum atomic E-state index is 14.4. The molecule has 138 valence electrons. The second-order valence-corrected chi connectivity index (χ2v) is 9.87. The van der Waals surface area contributed by atoms with E-state index in [-0.39, 0.29) is 12.0 Å². The average Bonchev–Trinajstić information content (AvgIpc) is 2.73. The van der Waals surface area contributed by atoms with Crippen LogP contribution < -0.4 is 15.7 Å². The molecule has 0 aromatic heterocycles. The summed E-state index contributed by atoms with van der Waals surface area (Å²) in [6.45, 7) is 6.05. The first-order valence-corrected chi connectivity index (χ1v) is 11.4. The van der Waals surface area contributed by atoms with Crippen LogP contribution in [0.15, 0.2) is 102 Å². The number of rotatable bonds is 7. The van der Waals surface area contributed by atoms with E-state index in [0.717, 1.165) is 20.6 Å². The molecular formula is C23H23BrNOP. The summed E-state index contributed by atoms with van der Waals surface area (Å²) in [6.07, 6.45) is 1.90. The highest BCUT2D eigenvalue weighted by Gasteiger charge is 2.32. The van der Waals surface area contributed by atoms with Gasteiger partial charge in [0.05, 0.1) is 0 Å². The molecule has 0 aliphatic heterocycles. The molecule has 3 aromatic carbocycles. The molecule has 0 saturated carbocycles. The van der Waals surface area contributed by atoms with E-state index < -0.39 is 7.29 Å². The summed E-state index contributed by atoms with van der Waals surface area (Å²) in [5.74, 6) is 0.0875. The summed E-state index contributed by atoms with van der Waals surface area (Å²) in [5, 5.41) is 5.12. The third-order valence-electron chi connectivity index (χ3n) is 4.70. The molecule has 0 fully saturated rings. The summed E-state index contributed by atoms with van der Waals surface area (Å²) < 4.78 is 15.4. The molecule has 0 amide bonds. The smallest absolute Gasteiger partial charge is 0.205 e. The van der Waals surface area contributed by atoms with Crippen LogP contribution in [0.3, 0.4) is 0 Å². The van der Waals surface area contributed by atoms with E-state index in [0.29, 0.717) is 0 Å². The first kappa shape index (κ1) is 19.8. The van der Waals surface area contributed by atoms with Gasteiger partial charge in [0, 0.05) is 21.1 Å². The maximum Gasteiger partial charge on any atom is 0.205 e. The fraction of sp³-hybridized carbons (Fsp3) is 0.130. The Morgan fingerprint density at radius 3 is 1.85 bits per heavy atom. The summed E-state index contributed by atoms with van der Waals surface area (Å²) in [4.78, 5) is 0. The van der Waals surface area contributed by atoms with Crippen molar-refractivity contribution in [3.05, 3.63) is 108 Å². The van der Waals surface area contributed by atoms with E-state index >= 15 is 0 Å². The molecule has 27 heavy (non-hydrogen) atoms. The molecule has 0 spiro atoms. The van der Waals surface area contributed by atoms with Gasteiger partial charge in [-0.3, -0.25) is 9.65 Å². The molecule has 3 rings (SSSR count).